The van der Waals surface area contributed by atoms with E-state index in [0.29, 0.717) is 16.9 Å². The molecule has 0 spiro atoms. The second-order valence-corrected chi connectivity index (χ2v) is 3.91. The predicted octanol–water partition coefficient (Wildman–Crippen LogP) is 2.95. The molecule has 0 radical (unpaired) electrons. The molecule has 0 saturated carbocycles. The Balaban J connectivity index is 2.42. The van der Waals surface area contributed by atoms with Crippen LogP contribution in [0.5, 0.6) is 0 Å². The lowest BCUT2D eigenvalue weighted by molar-refractivity contribution is -0.385. The summed E-state index contributed by atoms with van der Waals surface area (Å²) < 4.78 is 9.83. The maximum atomic E-state index is 11.3. The van der Waals surface area contributed by atoms with E-state index in [1.807, 2.05) is 0 Å². The lowest BCUT2D eigenvalue weighted by Crippen LogP contribution is -1.98. The number of furan rings is 1. The topological polar surface area (TPSA) is 82.6 Å². The molecule has 19 heavy (non-hydrogen) atoms. The van der Waals surface area contributed by atoms with E-state index < -0.39 is 10.9 Å². The van der Waals surface area contributed by atoms with Gasteiger partial charge >= 0.3 is 5.97 Å². The molecular formula is C13H11NO5. The molecule has 1 heterocycles. The van der Waals surface area contributed by atoms with Crippen molar-refractivity contribution in [2.75, 3.05) is 7.11 Å². The number of hydrogen-bond acceptors (Lipinski definition) is 5. The second kappa shape index (κ2) is 4.93. The smallest absolute Gasteiger partial charge is 0.373 e. The van der Waals surface area contributed by atoms with Crippen molar-refractivity contribution < 1.29 is 18.9 Å². The summed E-state index contributed by atoms with van der Waals surface area (Å²) in [5, 5.41) is 10.9. The van der Waals surface area contributed by atoms with Crippen molar-refractivity contribution in [2.24, 2.45) is 0 Å². The molecule has 1 aromatic carbocycles. The lowest BCUT2D eigenvalue weighted by Gasteiger charge is -2.00. The normalized spacial score (nSPS) is 10.2. The number of nitro groups is 1. The zero-order valence-corrected chi connectivity index (χ0v) is 10.4. The largest absolute Gasteiger partial charge is 0.463 e. The molecule has 2 aromatic rings. The van der Waals surface area contributed by atoms with Crippen LogP contribution in [0.1, 0.15) is 16.1 Å². The first-order chi connectivity index (χ1) is 9.02. The Hall–Kier alpha value is -2.63. The summed E-state index contributed by atoms with van der Waals surface area (Å²) in [6.45, 7) is 1.66. The highest BCUT2D eigenvalue weighted by atomic mass is 16.6. The van der Waals surface area contributed by atoms with Crippen molar-refractivity contribution in [1.82, 2.24) is 0 Å². The van der Waals surface area contributed by atoms with Crippen LogP contribution in [0.25, 0.3) is 11.3 Å². The number of aryl methyl sites for hydroxylation is 1. The monoisotopic (exact) mass is 261 g/mol. The highest BCUT2D eigenvalue weighted by Gasteiger charge is 2.16. The quantitative estimate of drug-likeness (QED) is 0.482. The van der Waals surface area contributed by atoms with Crippen molar-refractivity contribution in [3.05, 3.63) is 51.8 Å². The van der Waals surface area contributed by atoms with Crippen LogP contribution in [0.2, 0.25) is 0 Å². The van der Waals surface area contributed by atoms with Gasteiger partial charge in [0.2, 0.25) is 5.76 Å². The van der Waals surface area contributed by atoms with Crippen molar-refractivity contribution in [3.63, 3.8) is 0 Å². The lowest BCUT2D eigenvalue weighted by atomic mass is 10.1. The third-order valence-electron chi connectivity index (χ3n) is 2.68. The zero-order valence-electron chi connectivity index (χ0n) is 10.4. The summed E-state index contributed by atoms with van der Waals surface area (Å²) >= 11 is 0. The number of hydrogen-bond donors (Lipinski definition) is 0. The van der Waals surface area contributed by atoms with Gasteiger partial charge in [-0.3, -0.25) is 10.1 Å². The Labute approximate surface area is 108 Å². The molecular weight excluding hydrogens is 250 g/mol. The summed E-state index contributed by atoms with van der Waals surface area (Å²) in [5.41, 5.74) is 1.11. The number of methoxy groups -OCH3 is 1. The standard InChI is InChI=1S/C13H11NO5/c1-8-3-4-9(7-10(8)14(16)17)11-5-6-12(19-11)13(15)18-2/h3-7H,1-2H3. The summed E-state index contributed by atoms with van der Waals surface area (Å²) in [6.07, 6.45) is 0. The van der Waals surface area contributed by atoms with Crippen LogP contribution in [-0.4, -0.2) is 18.0 Å². The fourth-order valence-corrected chi connectivity index (χ4v) is 1.66. The van der Waals surface area contributed by atoms with Crippen molar-refractivity contribution in [1.29, 1.82) is 0 Å². The van der Waals surface area contributed by atoms with E-state index in [9.17, 15) is 14.9 Å². The van der Waals surface area contributed by atoms with E-state index in [-0.39, 0.29) is 11.4 Å². The fraction of sp³-hybridized carbons (Fsp3) is 0.154. The predicted molar refractivity (Wildman–Crippen MR) is 66.9 cm³/mol. The molecule has 0 atom stereocenters. The molecule has 0 saturated heterocycles. The van der Waals surface area contributed by atoms with Crippen LogP contribution in [0.15, 0.2) is 34.7 Å². The van der Waals surface area contributed by atoms with Gasteiger partial charge in [0.05, 0.1) is 12.0 Å². The SMILES string of the molecule is COC(=O)c1ccc(-c2ccc(C)c([N+](=O)[O-])c2)o1. The molecule has 0 aliphatic heterocycles. The van der Waals surface area contributed by atoms with Gasteiger partial charge in [-0.2, -0.15) is 0 Å². The molecule has 1 aromatic heterocycles. The first-order valence-corrected chi connectivity index (χ1v) is 5.46. The Morgan fingerprint density at radius 3 is 2.68 bits per heavy atom. The first-order valence-electron chi connectivity index (χ1n) is 5.46. The van der Waals surface area contributed by atoms with E-state index in [2.05, 4.69) is 4.74 Å². The van der Waals surface area contributed by atoms with Crippen LogP contribution in [-0.2, 0) is 4.74 Å². The van der Waals surface area contributed by atoms with E-state index in [1.165, 1.54) is 19.2 Å². The Bertz CT molecular complexity index is 644. The molecule has 0 N–H and O–H groups in total. The van der Waals surface area contributed by atoms with Crippen LogP contribution in [0.3, 0.4) is 0 Å². The van der Waals surface area contributed by atoms with Crippen LogP contribution in [0.4, 0.5) is 5.69 Å². The molecule has 98 valence electrons. The average molecular weight is 261 g/mol. The molecule has 0 aliphatic carbocycles. The fourth-order valence-electron chi connectivity index (χ4n) is 1.66. The van der Waals surface area contributed by atoms with Crippen molar-refractivity contribution >= 4 is 11.7 Å². The van der Waals surface area contributed by atoms with Gasteiger partial charge in [-0.05, 0) is 19.1 Å². The summed E-state index contributed by atoms with van der Waals surface area (Å²) in [4.78, 5) is 21.7. The molecule has 0 amide bonds. The minimum Gasteiger partial charge on any atom is -0.463 e. The molecule has 6 nitrogen and oxygen atoms in total. The number of esters is 1. The van der Waals surface area contributed by atoms with E-state index in [4.69, 9.17) is 4.42 Å². The zero-order chi connectivity index (χ0) is 14.0. The van der Waals surface area contributed by atoms with Gasteiger partial charge in [0.25, 0.3) is 5.69 Å². The van der Waals surface area contributed by atoms with E-state index in [0.717, 1.165) is 0 Å². The van der Waals surface area contributed by atoms with Crippen molar-refractivity contribution in [2.45, 2.75) is 6.92 Å². The molecule has 0 aliphatic rings. The van der Waals surface area contributed by atoms with Gasteiger partial charge in [0, 0.05) is 17.2 Å². The number of benzene rings is 1. The summed E-state index contributed by atoms with van der Waals surface area (Å²) in [6, 6.07) is 7.78. The van der Waals surface area contributed by atoms with E-state index in [1.54, 1.807) is 25.1 Å². The van der Waals surface area contributed by atoms with Gasteiger partial charge in [-0.25, -0.2) is 4.79 Å². The van der Waals surface area contributed by atoms with Gasteiger partial charge in [0.1, 0.15) is 5.76 Å². The summed E-state index contributed by atoms with van der Waals surface area (Å²) in [7, 11) is 1.25. The van der Waals surface area contributed by atoms with Gasteiger partial charge in [-0.1, -0.05) is 12.1 Å². The third-order valence-corrected chi connectivity index (χ3v) is 2.68. The highest BCUT2D eigenvalue weighted by molar-refractivity contribution is 5.87. The Morgan fingerprint density at radius 1 is 1.32 bits per heavy atom. The van der Waals surface area contributed by atoms with Gasteiger partial charge < -0.3 is 9.15 Å². The molecule has 0 unspecified atom stereocenters. The number of carbonyl (C=O) groups is 1. The minimum absolute atomic E-state index is 0.00789. The van der Waals surface area contributed by atoms with Crippen molar-refractivity contribution in [3.8, 4) is 11.3 Å². The number of ether oxygens (including phenoxy) is 1. The Morgan fingerprint density at radius 2 is 2.05 bits per heavy atom. The molecule has 2 rings (SSSR count). The maximum Gasteiger partial charge on any atom is 0.373 e. The Kier molecular flexibility index (Phi) is 3.33. The summed E-state index contributed by atoms with van der Waals surface area (Å²) in [5.74, 6) is -0.155. The third kappa shape index (κ3) is 2.47. The minimum atomic E-state index is -0.590. The number of nitrogens with zero attached hydrogens (tertiary/aromatic N) is 1. The number of nitro benzene ring substituents is 1. The first kappa shape index (κ1) is 12.8. The molecule has 6 heteroatoms. The highest BCUT2D eigenvalue weighted by Crippen LogP contribution is 2.28. The number of rotatable bonds is 3. The van der Waals surface area contributed by atoms with Gasteiger partial charge in [0.15, 0.2) is 0 Å². The van der Waals surface area contributed by atoms with Crippen LogP contribution >= 0.6 is 0 Å². The molecule has 0 bridgehead atoms. The second-order valence-electron chi connectivity index (χ2n) is 3.91. The van der Waals surface area contributed by atoms with Crippen LogP contribution < -0.4 is 0 Å². The van der Waals surface area contributed by atoms with Crippen LogP contribution in [0, 0.1) is 17.0 Å². The average Bonchev–Trinajstić information content (AvgIpc) is 2.87. The van der Waals surface area contributed by atoms with E-state index >= 15 is 0 Å². The molecule has 0 fully saturated rings. The number of carbonyl (C=O) groups excluding carboxylic acids is 1. The van der Waals surface area contributed by atoms with Gasteiger partial charge in [-0.15, -0.1) is 0 Å². The maximum absolute atomic E-state index is 11.3.